The van der Waals surface area contributed by atoms with Gasteiger partial charge in [-0.15, -0.1) is 28.3 Å². The third kappa shape index (κ3) is 4.80. The van der Waals surface area contributed by atoms with Crippen LogP contribution in [0.15, 0.2) is 57.7 Å². The van der Waals surface area contributed by atoms with Crippen molar-refractivity contribution in [2.75, 3.05) is 21.2 Å². The molecule has 1 heterocycles. The Morgan fingerprint density at radius 3 is 2.34 bits per heavy atom. The van der Waals surface area contributed by atoms with Gasteiger partial charge in [0.1, 0.15) is 5.75 Å². The Kier molecular flexibility index (Phi) is 7.45. The molecule has 1 aromatic heterocycles. The maximum absolute atomic E-state index is 12.6. The predicted octanol–water partition coefficient (Wildman–Crippen LogP) is 4.13. The zero-order valence-corrected chi connectivity index (χ0v) is 20.3. The molecular weight excluding hydrogens is 474 g/mol. The summed E-state index contributed by atoms with van der Waals surface area (Å²) in [6, 6.07) is 13.0. The molecule has 0 N–H and O–H groups in total. The van der Waals surface area contributed by atoms with Crippen molar-refractivity contribution in [2.45, 2.75) is 11.8 Å². The van der Waals surface area contributed by atoms with Crippen molar-refractivity contribution >= 4 is 44.0 Å². The molecule has 0 atom stereocenters. The molecule has 29 heavy (non-hydrogen) atoms. The number of hydrogen-bond acceptors (Lipinski definition) is 5. The summed E-state index contributed by atoms with van der Waals surface area (Å²) in [4.78, 5) is 5.81. The number of methoxy groups -OCH3 is 1. The van der Waals surface area contributed by atoms with E-state index >= 15 is 0 Å². The number of aromatic nitrogens is 1. The van der Waals surface area contributed by atoms with Crippen LogP contribution in [0.2, 0.25) is 0 Å². The highest BCUT2D eigenvalue weighted by Gasteiger charge is 2.20. The van der Waals surface area contributed by atoms with Crippen LogP contribution < -0.4 is 9.54 Å². The quantitative estimate of drug-likeness (QED) is 0.532. The third-order valence-electron chi connectivity index (χ3n) is 4.46. The molecule has 0 aliphatic heterocycles. The molecule has 0 spiro atoms. The molecule has 9 heteroatoms. The van der Waals surface area contributed by atoms with Gasteiger partial charge < -0.3 is 9.30 Å². The Hall–Kier alpha value is -1.94. The molecule has 0 aliphatic carbocycles. The summed E-state index contributed by atoms with van der Waals surface area (Å²) in [7, 11) is 3.13. The maximum atomic E-state index is 12.6. The SMILES string of the molecule is Br.COc1ccc(/N=c2/scc(-c3ccc(C)c(S(=O)(=O)N(C)C)c3)n2C)cc1. The molecule has 0 aliphatic rings. The molecule has 0 saturated heterocycles. The highest BCUT2D eigenvalue weighted by Crippen LogP contribution is 2.27. The van der Waals surface area contributed by atoms with E-state index in [1.54, 1.807) is 20.1 Å². The lowest BCUT2D eigenvalue weighted by Gasteiger charge is -2.15. The average Bonchev–Trinajstić information content (AvgIpc) is 3.03. The van der Waals surface area contributed by atoms with Crippen LogP contribution in [-0.4, -0.2) is 38.5 Å². The second-order valence-electron chi connectivity index (χ2n) is 6.54. The fraction of sp³-hybridized carbons (Fsp3) is 0.250. The molecule has 0 unspecified atom stereocenters. The number of sulfonamides is 1. The first-order valence-corrected chi connectivity index (χ1v) is 10.9. The average molecular weight is 498 g/mol. The van der Waals surface area contributed by atoms with Gasteiger partial charge in [0, 0.05) is 32.1 Å². The van der Waals surface area contributed by atoms with E-state index in [-0.39, 0.29) is 17.0 Å². The lowest BCUT2D eigenvalue weighted by Crippen LogP contribution is -2.23. The Morgan fingerprint density at radius 1 is 1.10 bits per heavy atom. The van der Waals surface area contributed by atoms with Crippen molar-refractivity contribution in [3.63, 3.8) is 0 Å². The van der Waals surface area contributed by atoms with Gasteiger partial charge in [0.05, 0.1) is 23.4 Å². The molecule has 3 aromatic rings. The van der Waals surface area contributed by atoms with Crippen LogP contribution in [0.3, 0.4) is 0 Å². The summed E-state index contributed by atoms with van der Waals surface area (Å²) in [5, 5.41) is 1.99. The molecule has 0 radical (unpaired) electrons. The Labute approximate surface area is 185 Å². The number of ether oxygens (including phenoxy) is 1. The maximum Gasteiger partial charge on any atom is 0.242 e. The van der Waals surface area contributed by atoms with E-state index in [1.807, 2.05) is 53.4 Å². The highest BCUT2D eigenvalue weighted by atomic mass is 79.9. The van der Waals surface area contributed by atoms with Gasteiger partial charge in [-0.2, -0.15) is 0 Å². The normalized spacial score (nSPS) is 12.1. The molecule has 3 rings (SSSR count). The van der Waals surface area contributed by atoms with Gasteiger partial charge >= 0.3 is 0 Å². The molecule has 0 fully saturated rings. The predicted molar refractivity (Wildman–Crippen MR) is 123 cm³/mol. The molecule has 0 saturated carbocycles. The van der Waals surface area contributed by atoms with Crippen molar-refractivity contribution in [3.05, 3.63) is 58.2 Å². The van der Waals surface area contributed by atoms with Gasteiger partial charge in [-0.1, -0.05) is 12.1 Å². The summed E-state index contributed by atoms with van der Waals surface area (Å²) < 4.78 is 33.6. The van der Waals surface area contributed by atoms with E-state index in [2.05, 4.69) is 4.99 Å². The zero-order valence-electron chi connectivity index (χ0n) is 16.9. The van der Waals surface area contributed by atoms with Crippen LogP contribution in [0.5, 0.6) is 5.75 Å². The van der Waals surface area contributed by atoms with Gasteiger partial charge in [0.25, 0.3) is 0 Å². The summed E-state index contributed by atoms with van der Waals surface area (Å²) in [6.45, 7) is 1.80. The second kappa shape index (κ2) is 9.25. The van der Waals surface area contributed by atoms with Crippen LogP contribution >= 0.6 is 28.3 Å². The van der Waals surface area contributed by atoms with E-state index in [4.69, 9.17) is 4.74 Å². The highest BCUT2D eigenvalue weighted by molar-refractivity contribution is 8.93. The number of thiazole rings is 1. The van der Waals surface area contributed by atoms with E-state index in [0.717, 1.165) is 33.1 Å². The summed E-state index contributed by atoms with van der Waals surface area (Å²) in [6.07, 6.45) is 0. The monoisotopic (exact) mass is 497 g/mol. The van der Waals surface area contributed by atoms with Gasteiger partial charge in [0.15, 0.2) is 4.80 Å². The second-order valence-corrected chi connectivity index (χ2v) is 9.50. The Morgan fingerprint density at radius 2 is 1.76 bits per heavy atom. The summed E-state index contributed by atoms with van der Waals surface area (Å²) in [5.74, 6) is 0.782. The molecule has 0 amide bonds. The van der Waals surface area contributed by atoms with Crippen molar-refractivity contribution in [1.82, 2.24) is 8.87 Å². The van der Waals surface area contributed by atoms with Crippen molar-refractivity contribution < 1.29 is 13.2 Å². The topological polar surface area (TPSA) is 63.9 Å². The van der Waals surface area contributed by atoms with Crippen molar-refractivity contribution in [2.24, 2.45) is 12.0 Å². The largest absolute Gasteiger partial charge is 0.497 e. The smallest absolute Gasteiger partial charge is 0.242 e. The first-order chi connectivity index (χ1) is 13.2. The van der Waals surface area contributed by atoms with Crippen LogP contribution in [0.4, 0.5) is 5.69 Å². The zero-order chi connectivity index (χ0) is 20.5. The van der Waals surface area contributed by atoms with E-state index < -0.39 is 10.0 Å². The van der Waals surface area contributed by atoms with E-state index in [9.17, 15) is 8.42 Å². The Bertz CT molecular complexity index is 1160. The van der Waals surface area contributed by atoms with Gasteiger partial charge in [-0.05, 0) is 42.8 Å². The number of aryl methyl sites for hydroxylation is 1. The first kappa shape index (κ1) is 23.3. The van der Waals surface area contributed by atoms with Crippen LogP contribution in [-0.2, 0) is 17.1 Å². The lowest BCUT2D eigenvalue weighted by atomic mass is 10.1. The number of nitrogens with zero attached hydrogens (tertiary/aromatic N) is 3. The van der Waals surface area contributed by atoms with E-state index in [0.29, 0.717) is 4.90 Å². The minimum Gasteiger partial charge on any atom is -0.497 e. The van der Waals surface area contributed by atoms with Crippen molar-refractivity contribution in [3.8, 4) is 17.0 Å². The number of hydrogen-bond donors (Lipinski definition) is 0. The molecule has 0 bridgehead atoms. The minimum absolute atomic E-state index is 0. The molecular formula is C20H24BrN3O3S2. The lowest BCUT2D eigenvalue weighted by molar-refractivity contribution is 0.415. The fourth-order valence-electron chi connectivity index (χ4n) is 2.73. The summed E-state index contributed by atoms with van der Waals surface area (Å²) in [5.41, 5.74) is 3.29. The molecule has 156 valence electrons. The third-order valence-corrected chi connectivity index (χ3v) is 7.34. The van der Waals surface area contributed by atoms with Gasteiger partial charge in [-0.3, -0.25) is 0 Å². The van der Waals surface area contributed by atoms with E-state index in [1.165, 1.54) is 29.7 Å². The number of benzene rings is 2. The Balaban J connectivity index is 0.00000300. The molecule has 2 aromatic carbocycles. The minimum atomic E-state index is -3.51. The number of rotatable bonds is 5. The van der Waals surface area contributed by atoms with Gasteiger partial charge in [-0.25, -0.2) is 17.7 Å². The van der Waals surface area contributed by atoms with Crippen LogP contribution in [0, 0.1) is 6.92 Å². The van der Waals surface area contributed by atoms with Crippen LogP contribution in [0.25, 0.3) is 11.3 Å². The first-order valence-electron chi connectivity index (χ1n) is 8.61. The van der Waals surface area contributed by atoms with Gasteiger partial charge in [0.2, 0.25) is 10.0 Å². The summed E-state index contributed by atoms with van der Waals surface area (Å²) >= 11 is 1.50. The molecule has 6 nitrogen and oxygen atoms in total. The standard InChI is InChI=1S/C20H23N3O3S2.BrH/c1-14-6-7-15(12-19(14)28(24,25)22(2)3)18-13-27-20(23(18)4)21-16-8-10-17(26-5)11-9-16;/h6-13H,1-5H3;1H/b21-20+;. The number of halogens is 1. The van der Waals surface area contributed by atoms with Crippen LogP contribution in [0.1, 0.15) is 5.56 Å². The van der Waals surface area contributed by atoms with Crippen molar-refractivity contribution in [1.29, 1.82) is 0 Å². The fourth-order valence-corrected chi connectivity index (χ4v) is 4.80.